The molecule has 0 bridgehead atoms. The Morgan fingerprint density at radius 1 is 0.846 bits per heavy atom. The molecule has 1 aliphatic rings. The van der Waals surface area contributed by atoms with Gasteiger partial charge in [0, 0.05) is 11.6 Å². The standard InChI is InChI=1S/C19H14N2O4S/c22-21(23)18-11-5-6-12-19(18)26(24,25)20-13-14-7-1-2-8-15(14)16-9-3-4-10-17(16)20/h1-12H,13H2. The van der Waals surface area contributed by atoms with E-state index in [2.05, 4.69) is 0 Å². The molecule has 130 valence electrons. The summed E-state index contributed by atoms with van der Waals surface area (Å²) in [5, 5.41) is 11.3. The van der Waals surface area contributed by atoms with Crippen molar-refractivity contribution in [1.29, 1.82) is 0 Å². The van der Waals surface area contributed by atoms with E-state index in [1.54, 1.807) is 12.1 Å². The number of benzene rings is 3. The molecule has 0 radical (unpaired) electrons. The van der Waals surface area contributed by atoms with Crippen LogP contribution in [0, 0.1) is 10.1 Å². The second-order valence-electron chi connectivity index (χ2n) is 5.91. The van der Waals surface area contributed by atoms with Gasteiger partial charge in [-0.25, -0.2) is 8.42 Å². The number of rotatable bonds is 3. The van der Waals surface area contributed by atoms with Crippen LogP contribution in [0.4, 0.5) is 11.4 Å². The van der Waals surface area contributed by atoms with Crippen molar-refractivity contribution in [2.45, 2.75) is 11.4 Å². The van der Waals surface area contributed by atoms with E-state index in [0.717, 1.165) is 16.7 Å². The molecule has 0 N–H and O–H groups in total. The first-order valence-electron chi connectivity index (χ1n) is 7.93. The Balaban J connectivity index is 1.93. The third-order valence-electron chi connectivity index (χ3n) is 4.42. The third-order valence-corrected chi connectivity index (χ3v) is 6.23. The molecule has 3 aromatic rings. The van der Waals surface area contributed by atoms with Gasteiger partial charge in [0.1, 0.15) is 0 Å². The van der Waals surface area contributed by atoms with E-state index in [4.69, 9.17) is 0 Å². The number of anilines is 1. The summed E-state index contributed by atoms with van der Waals surface area (Å²) in [4.78, 5) is 10.3. The molecule has 26 heavy (non-hydrogen) atoms. The minimum Gasteiger partial charge on any atom is -0.261 e. The summed E-state index contributed by atoms with van der Waals surface area (Å²) in [5.41, 5.74) is 2.70. The van der Waals surface area contributed by atoms with Crippen LogP contribution in [0.15, 0.2) is 77.7 Å². The highest BCUT2D eigenvalue weighted by molar-refractivity contribution is 7.93. The summed E-state index contributed by atoms with van der Waals surface area (Å²) in [6.45, 7) is 0.127. The Bertz CT molecular complexity index is 1130. The zero-order chi connectivity index (χ0) is 18.3. The van der Waals surface area contributed by atoms with Crippen molar-refractivity contribution in [3.63, 3.8) is 0 Å². The van der Waals surface area contributed by atoms with Gasteiger partial charge in [0.2, 0.25) is 0 Å². The smallest absolute Gasteiger partial charge is 0.261 e. The fourth-order valence-electron chi connectivity index (χ4n) is 3.24. The zero-order valence-corrected chi connectivity index (χ0v) is 14.4. The van der Waals surface area contributed by atoms with E-state index in [1.807, 2.05) is 36.4 Å². The van der Waals surface area contributed by atoms with Crippen LogP contribution in [0.2, 0.25) is 0 Å². The predicted octanol–water partition coefficient (Wildman–Crippen LogP) is 3.97. The van der Waals surface area contributed by atoms with Gasteiger partial charge in [-0.2, -0.15) is 0 Å². The van der Waals surface area contributed by atoms with E-state index in [9.17, 15) is 18.5 Å². The Morgan fingerprint density at radius 3 is 2.23 bits per heavy atom. The molecule has 0 fully saturated rings. The van der Waals surface area contributed by atoms with Gasteiger partial charge in [-0.05, 0) is 23.3 Å². The fraction of sp³-hybridized carbons (Fsp3) is 0.0526. The maximum absolute atomic E-state index is 13.3. The predicted molar refractivity (Wildman–Crippen MR) is 98.3 cm³/mol. The monoisotopic (exact) mass is 366 g/mol. The molecule has 0 amide bonds. The summed E-state index contributed by atoms with van der Waals surface area (Å²) >= 11 is 0. The van der Waals surface area contributed by atoms with Crippen LogP contribution in [0.25, 0.3) is 11.1 Å². The van der Waals surface area contributed by atoms with Gasteiger partial charge in [0.25, 0.3) is 15.7 Å². The van der Waals surface area contributed by atoms with Gasteiger partial charge in [0.05, 0.1) is 17.2 Å². The molecule has 0 unspecified atom stereocenters. The lowest BCUT2D eigenvalue weighted by molar-refractivity contribution is -0.387. The van der Waals surface area contributed by atoms with E-state index in [0.29, 0.717) is 5.69 Å². The first-order valence-corrected chi connectivity index (χ1v) is 9.37. The minimum atomic E-state index is -4.10. The number of nitrogens with zero attached hydrogens (tertiary/aromatic N) is 2. The molecule has 0 atom stereocenters. The van der Waals surface area contributed by atoms with Gasteiger partial charge < -0.3 is 0 Å². The molecule has 0 saturated heterocycles. The summed E-state index contributed by atoms with van der Waals surface area (Å²) in [7, 11) is -4.10. The van der Waals surface area contributed by atoms with Crippen LogP contribution in [0.3, 0.4) is 0 Å². The van der Waals surface area contributed by atoms with Crippen molar-refractivity contribution in [1.82, 2.24) is 0 Å². The number of para-hydroxylation sites is 2. The number of fused-ring (bicyclic) bond motifs is 3. The summed E-state index contributed by atoms with van der Waals surface area (Å²) in [6.07, 6.45) is 0. The van der Waals surface area contributed by atoms with Crippen LogP contribution in [-0.4, -0.2) is 13.3 Å². The Kier molecular flexibility index (Phi) is 3.73. The van der Waals surface area contributed by atoms with Crippen molar-refractivity contribution in [3.05, 3.63) is 88.5 Å². The third kappa shape index (κ3) is 2.44. The molecule has 1 heterocycles. The average molecular weight is 366 g/mol. The van der Waals surface area contributed by atoms with Crippen molar-refractivity contribution < 1.29 is 13.3 Å². The molecule has 3 aromatic carbocycles. The molecule has 1 aliphatic heterocycles. The quantitative estimate of drug-likeness (QED) is 0.519. The number of hydrogen-bond donors (Lipinski definition) is 0. The second kappa shape index (κ2) is 5.96. The maximum Gasteiger partial charge on any atom is 0.289 e. The number of nitro benzene ring substituents is 1. The molecule has 7 heteroatoms. The van der Waals surface area contributed by atoms with Crippen LogP contribution < -0.4 is 4.31 Å². The molecular weight excluding hydrogens is 352 g/mol. The molecule has 0 saturated carbocycles. The van der Waals surface area contributed by atoms with E-state index >= 15 is 0 Å². The fourth-order valence-corrected chi connectivity index (χ4v) is 4.86. The highest BCUT2D eigenvalue weighted by Crippen LogP contribution is 2.42. The number of sulfonamides is 1. The molecule has 6 nitrogen and oxygen atoms in total. The van der Waals surface area contributed by atoms with Gasteiger partial charge in [-0.15, -0.1) is 0 Å². The lowest BCUT2D eigenvalue weighted by atomic mass is 9.95. The molecule has 0 aromatic heterocycles. The first-order chi connectivity index (χ1) is 12.5. The van der Waals surface area contributed by atoms with Gasteiger partial charge >= 0.3 is 0 Å². The number of hydrogen-bond acceptors (Lipinski definition) is 4. The van der Waals surface area contributed by atoms with Crippen LogP contribution in [0.1, 0.15) is 5.56 Å². The lowest BCUT2D eigenvalue weighted by Gasteiger charge is -2.31. The highest BCUT2D eigenvalue weighted by atomic mass is 32.2. The van der Waals surface area contributed by atoms with Gasteiger partial charge in [-0.3, -0.25) is 14.4 Å². The van der Waals surface area contributed by atoms with Crippen LogP contribution in [0.5, 0.6) is 0 Å². The van der Waals surface area contributed by atoms with Gasteiger partial charge in [0.15, 0.2) is 4.90 Å². The van der Waals surface area contributed by atoms with Crippen LogP contribution >= 0.6 is 0 Å². The normalized spacial score (nSPS) is 13.0. The van der Waals surface area contributed by atoms with E-state index in [1.165, 1.54) is 28.6 Å². The Hall–Kier alpha value is -3.19. The highest BCUT2D eigenvalue weighted by Gasteiger charge is 2.35. The van der Waals surface area contributed by atoms with Crippen LogP contribution in [-0.2, 0) is 16.6 Å². The Labute approximate surface area is 150 Å². The van der Waals surface area contributed by atoms with Gasteiger partial charge in [-0.1, -0.05) is 54.6 Å². The zero-order valence-electron chi connectivity index (χ0n) is 13.6. The van der Waals surface area contributed by atoms with E-state index in [-0.39, 0.29) is 11.4 Å². The SMILES string of the molecule is O=[N+]([O-])c1ccccc1S(=O)(=O)N1Cc2ccccc2-c2ccccc21. The topological polar surface area (TPSA) is 80.5 Å². The van der Waals surface area contributed by atoms with Crippen molar-refractivity contribution >= 4 is 21.4 Å². The van der Waals surface area contributed by atoms with E-state index < -0.39 is 20.6 Å². The molecule has 0 aliphatic carbocycles. The summed E-state index contributed by atoms with van der Waals surface area (Å²) < 4.78 is 27.9. The van der Waals surface area contributed by atoms with Crippen molar-refractivity contribution in [3.8, 4) is 11.1 Å². The second-order valence-corrected chi connectivity index (χ2v) is 7.74. The minimum absolute atomic E-state index is 0.127. The maximum atomic E-state index is 13.3. The van der Waals surface area contributed by atoms with Crippen molar-refractivity contribution in [2.24, 2.45) is 0 Å². The lowest BCUT2D eigenvalue weighted by Crippen LogP contribution is -2.33. The number of nitro groups is 1. The van der Waals surface area contributed by atoms with Crippen molar-refractivity contribution in [2.75, 3.05) is 4.31 Å². The summed E-state index contributed by atoms with van der Waals surface area (Å²) in [5.74, 6) is 0. The molecular formula is C19H14N2O4S. The first kappa shape index (κ1) is 16.3. The largest absolute Gasteiger partial charge is 0.289 e. The Morgan fingerprint density at radius 2 is 1.46 bits per heavy atom. The average Bonchev–Trinajstić information content (AvgIpc) is 2.67. The molecule has 4 rings (SSSR count). The summed E-state index contributed by atoms with van der Waals surface area (Å²) in [6, 6.07) is 20.2. The molecule has 0 spiro atoms.